The smallest absolute Gasteiger partial charge is 0.222 e. The molecule has 0 saturated carbocycles. The van der Waals surface area contributed by atoms with E-state index in [1.165, 1.54) is 0 Å². The monoisotopic (exact) mass is 488 g/mol. The number of aliphatic imine (C=N–C) groups is 1. The van der Waals surface area contributed by atoms with Gasteiger partial charge in [-0.15, -0.1) is 24.0 Å². The predicted octanol–water partition coefficient (Wildman–Crippen LogP) is 0.0319. The molecule has 0 radical (unpaired) electrons. The molecule has 2 atom stereocenters. The van der Waals surface area contributed by atoms with E-state index in [2.05, 4.69) is 27.9 Å². The molecule has 2 aliphatic rings. The Kier molecular flexibility index (Phi) is 8.89. The maximum absolute atomic E-state index is 11.9. The van der Waals surface area contributed by atoms with Crippen molar-refractivity contribution in [2.24, 2.45) is 4.99 Å². The normalized spacial score (nSPS) is 28.2. The molecule has 0 aromatic rings. The number of amides is 1. The lowest BCUT2D eigenvalue weighted by Gasteiger charge is -2.24. The Bertz CT molecular complexity index is 576. The Morgan fingerprint density at radius 1 is 1.36 bits per heavy atom. The molecular formula is C15H29IN4O4S. The first-order valence-corrected chi connectivity index (χ1v) is 10.2. The summed E-state index contributed by atoms with van der Waals surface area (Å²) in [5.41, 5.74) is -0.164. The van der Waals surface area contributed by atoms with Gasteiger partial charge in [-0.05, 0) is 26.2 Å². The quantitative estimate of drug-likeness (QED) is 0.277. The van der Waals surface area contributed by atoms with Crippen LogP contribution < -0.4 is 16.0 Å². The number of nitrogens with zero attached hydrogens (tertiary/aromatic N) is 1. The van der Waals surface area contributed by atoms with Crippen molar-refractivity contribution in [3.8, 4) is 0 Å². The highest BCUT2D eigenvalue weighted by Gasteiger charge is 2.30. The Morgan fingerprint density at radius 3 is 2.68 bits per heavy atom. The zero-order chi connectivity index (χ0) is 17.6. The van der Waals surface area contributed by atoms with Gasteiger partial charge in [0.1, 0.15) is 0 Å². The van der Waals surface area contributed by atoms with Gasteiger partial charge in [0.25, 0.3) is 0 Å². The van der Waals surface area contributed by atoms with Gasteiger partial charge in [-0.3, -0.25) is 9.79 Å². The van der Waals surface area contributed by atoms with E-state index in [0.717, 1.165) is 19.4 Å². The molecule has 2 aliphatic heterocycles. The number of carbonyl (C=O) groups excluding carboxylic acids is 1. The van der Waals surface area contributed by atoms with E-state index < -0.39 is 9.84 Å². The van der Waals surface area contributed by atoms with Crippen molar-refractivity contribution in [3.63, 3.8) is 0 Å². The molecular weight excluding hydrogens is 459 g/mol. The van der Waals surface area contributed by atoms with Gasteiger partial charge in [-0.1, -0.05) is 0 Å². The standard InChI is InChI=1S/C15H28N4O4S.HI/c1-15(6-3-8-23-15)11-18-14(16-2)17-7-4-13(20)19-12-5-9-24(21,22)10-12;/h12H,3-11H2,1-2H3,(H,19,20)(H2,16,17,18);1H. The molecule has 2 fully saturated rings. The molecule has 0 aliphatic carbocycles. The maximum atomic E-state index is 11.9. The number of halogens is 1. The van der Waals surface area contributed by atoms with Gasteiger partial charge in [0.05, 0.1) is 17.1 Å². The number of guanidine groups is 1. The third kappa shape index (κ3) is 7.65. The van der Waals surface area contributed by atoms with Gasteiger partial charge in [-0.2, -0.15) is 0 Å². The molecule has 0 aromatic heterocycles. The minimum absolute atomic E-state index is 0. The minimum Gasteiger partial charge on any atom is -0.373 e. The third-order valence-corrected chi connectivity index (χ3v) is 6.16. The van der Waals surface area contributed by atoms with Crippen LogP contribution in [0.2, 0.25) is 0 Å². The molecule has 0 bridgehead atoms. The first-order chi connectivity index (χ1) is 11.3. The summed E-state index contributed by atoms with van der Waals surface area (Å²) in [6, 6.07) is -0.251. The lowest BCUT2D eigenvalue weighted by atomic mass is 10.0. The van der Waals surface area contributed by atoms with E-state index >= 15 is 0 Å². The topological polar surface area (TPSA) is 109 Å². The summed E-state index contributed by atoms with van der Waals surface area (Å²) in [5.74, 6) is 0.691. The molecule has 2 rings (SSSR count). The van der Waals surface area contributed by atoms with Crippen molar-refractivity contribution < 1.29 is 17.9 Å². The summed E-state index contributed by atoms with van der Waals surface area (Å²) in [6.07, 6.45) is 2.86. The summed E-state index contributed by atoms with van der Waals surface area (Å²) < 4.78 is 28.5. The highest BCUT2D eigenvalue weighted by Crippen LogP contribution is 2.23. The summed E-state index contributed by atoms with van der Waals surface area (Å²) in [7, 11) is -1.29. The van der Waals surface area contributed by atoms with Crippen molar-refractivity contribution in [3.05, 3.63) is 0 Å². The second kappa shape index (κ2) is 9.91. The number of rotatable bonds is 6. The highest BCUT2D eigenvalue weighted by atomic mass is 127. The minimum atomic E-state index is -2.97. The van der Waals surface area contributed by atoms with Crippen molar-refractivity contribution in [1.82, 2.24) is 16.0 Å². The van der Waals surface area contributed by atoms with E-state index in [4.69, 9.17) is 4.74 Å². The largest absolute Gasteiger partial charge is 0.373 e. The first kappa shape index (κ1) is 22.4. The van der Waals surface area contributed by atoms with Crippen LogP contribution >= 0.6 is 24.0 Å². The number of hydrogen-bond donors (Lipinski definition) is 3. The molecule has 2 saturated heterocycles. The Balaban J connectivity index is 0.00000312. The number of carbonyl (C=O) groups is 1. The molecule has 2 unspecified atom stereocenters. The molecule has 0 spiro atoms. The fraction of sp³-hybridized carbons (Fsp3) is 0.867. The van der Waals surface area contributed by atoms with Crippen LogP contribution in [0.5, 0.6) is 0 Å². The summed E-state index contributed by atoms with van der Waals surface area (Å²) >= 11 is 0. The van der Waals surface area contributed by atoms with Gasteiger partial charge in [0.15, 0.2) is 15.8 Å². The van der Waals surface area contributed by atoms with E-state index in [-0.39, 0.29) is 59.5 Å². The van der Waals surface area contributed by atoms with Crippen LogP contribution in [0.25, 0.3) is 0 Å². The zero-order valence-corrected chi connectivity index (χ0v) is 18.0. The van der Waals surface area contributed by atoms with Gasteiger partial charge < -0.3 is 20.7 Å². The van der Waals surface area contributed by atoms with E-state index in [1.54, 1.807) is 7.05 Å². The predicted molar refractivity (Wildman–Crippen MR) is 108 cm³/mol. The Labute approximate surface area is 166 Å². The van der Waals surface area contributed by atoms with Crippen LogP contribution in [0.15, 0.2) is 4.99 Å². The molecule has 2 heterocycles. The Morgan fingerprint density at radius 2 is 2.12 bits per heavy atom. The van der Waals surface area contributed by atoms with Gasteiger partial charge in [-0.25, -0.2) is 8.42 Å². The number of hydrogen-bond acceptors (Lipinski definition) is 5. The molecule has 3 N–H and O–H groups in total. The lowest BCUT2D eigenvalue weighted by molar-refractivity contribution is -0.121. The van der Waals surface area contributed by atoms with E-state index in [9.17, 15) is 13.2 Å². The second-order valence-corrected chi connectivity index (χ2v) is 8.90. The molecule has 146 valence electrons. The third-order valence-electron chi connectivity index (χ3n) is 4.40. The lowest BCUT2D eigenvalue weighted by Crippen LogP contribution is -2.46. The van der Waals surface area contributed by atoms with Gasteiger partial charge in [0, 0.05) is 39.2 Å². The van der Waals surface area contributed by atoms with Crippen LogP contribution in [0.1, 0.15) is 32.6 Å². The van der Waals surface area contributed by atoms with E-state index in [0.29, 0.717) is 25.5 Å². The van der Waals surface area contributed by atoms with E-state index in [1.807, 2.05) is 0 Å². The summed E-state index contributed by atoms with van der Waals surface area (Å²) in [5, 5.41) is 9.07. The van der Waals surface area contributed by atoms with Crippen LogP contribution in [-0.4, -0.2) is 70.2 Å². The van der Waals surface area contributed by atoms with Crippen LogP contribution in [0, 0.1) is 0 Å². The van der Waals surface area contributed by atoms with Crippen LogP contribution in [0.3, 0.4) is 0 Å². The van der Waals surface area contributed by atoms with Gasteiger partial charge in [0.2, 0.25) is 5.91 Å². The summed E-state index contributed by atoms with van der Waals surface area (Å²) in [6.45, 7) is 3.96. The molecule has 25 heavy (non-hydrogen) atoms. The molecule has 1 amide bonds. The number of nitrogens with one attached hydrogen (secondary N) is 3. The van der Waals surface area contributed by atoms with Crippen molar-refractivity contribution in [1.29, 1.82) is 0 Å². The van der Waals surface area contributed by atoms with Crippen molar-refractivity contribution in [2.75, 3.05) is 38.2 Å². The maximum Gasteiger partial charge on any atom is 0.222 e. The summed E-state index contributed by atoms with van der Waals surface area (Å²) in [4.78, 5) is 16.0. The first-order valence-electron chi connectivity index (χ1n) is 8.40. The van der Waals surface area contributed by atoms with Gasteiger partial charge >= 0.3 is 0 Å². The zero-order valence-electron chi connectivity index (χ0n) is 14.8. The second-order valence-electron chi connectivity index (χ2n) is 6.67. The Hall–Kier alpha value is -0.620. The number of sulfone groups is 1. The number of ether oxygens (including phenoxy) is 1. The fourth-order valence-electron chi connectivity index (χ4n) is 2.97. The molecule has 10 heteroatoms. The highest BCUT2D eigenvalue weighted by molar-refractivity contribution is 14.0. The van der Waals surface area contributed by atoms with Crippen molar-refractivity contribution >= 4 is 45.7 Å². The van der Waals surface area contributed by atoms with Crippen LogP contribution in [-0.2, 0) is 19.4 Å². The molecule has 0 aromatic carbocycles. The molecule has 8 nitrogen and oxygen atoms in total. The average molecular weight is 488 g/mol. The van der Waals surface area contributed by atoms with Crippen molar-refractivity contribution in [2.45, 2.75) is 44.2 Å². The average Bonchev–Trinajstić information content (AvgIpc) is 3.09. The fourth-order valence-corrected chi connectivity index (χ4v) is 4.64. The van der Waals surface area contributed by atoms with Crippen LogP contribution in [0.4, 0.5) is 0 Å². The SMILES string of the molecule is CN=C(NCCC(=O)NC1CCS(=O)(=O)C1)NCC1(C)CCCO1.I.